The molecule has 1 aliphatic rings. The van der Waals surface area contributed by atoms with E-state index in [1.807, 2.05) is 18.2 Å². The fourth-order valence-corrected chi connectivity index (χ4v) is 4.52. The number of aromatic nitrogens is 1. The first-order valence-corrected chi connectivity index (χ1v) is 11.6. The smallest absolute Gasteiger partial charge is 0.271 e. The van der Waals surface area contributed by atoms with Crippen molar-refractivity contribution in [3.63, 3.8) is 0 Å². The van der Waals surface area contributed by atoms with Crippen molar-refractivity contribution in [1.29, 1.82) is 0 Å². The standard InChI is InChI=1S/C24H27N5O2S/c1-18(30)26-24-27-22(17-32-24)23(31)25-15-19-7-5-6-8-20(19)16-28-11-13-29(14-12-28)21-9-3-2-4-10-21/h2-10,17H,11-16H2,1H3,(H,25,31)(H,26,27,30). The van der Waals surface area contributed by atoms with Gasteiger partial charge in [0.05, 0.1) is 0 Å². The number of para-hydroxylation sites is 1. The second-order valence-corrected chi connectivity index (χ2v) is 8.63. The number of rotatable bonds is 7. The molecule has 4 rings (SSSR count). The number of piperazine rings is 1. The zero-order valence-electron chi connectivity index (χ0n) is 18.1. The van der Waals surface area contributed by atoms with Gasteiger partial charge in [-0.1, -0.05) is 42.5 Å². The molecule has 0 saturated carbocycles. The molecule has 2 aromatic carbocycles. The second-order valence-electron chi connectivity index (χ2n) is 7.77. The molecular formula is C24H27N5O2S. The third-order valence-electron chi connectivity index (χ3n) is 5.47. The van der Waals surface area contributed by atoms with Crippen LogP contribution in [0.3, 0.4) is 0 Å². The third-order valence-corrected chi connectivity index (χ3v) is 6.22. The van der Waals surface area contributed by atoms with Crippen molar-refractivity contribution in [3.05, 3.63) is 76.8 Å². The second kappa shape index (κ2) is 10.4. The predicted octanol–water partition coefficient (Wildman–Crippen LogP) is 3.35. The molecule has 0 spiro atoms. The Hall–Kier alpha value is -3.23. The van der Waals surface area contributed by atoms with Crippen LogP contribution in [0.1, 0.15) is 28.5 Å². The number of carbonyl (C=O) groups excluding carboxylic acids is 2. The van der Waals surface area contributed by atoms with Gasteiger partial charge in [0.2, 0.25) is 5.91 Å². The van der Waals surface area contributed by atoms with Gasteiger partial charge in [-0.25, -0.2) is 4.98 Å². The van der Waals surface area contributed by atoms with Crippen LogP contribution in [0.25, 0.3) is 0 Å². The first-order valence-electron chi connectivity index (χ1n) is 10.7. The summed E-state index contributed by atoms with van der Waals surface area (Å²) in [5.74, 6) is -0.450. The van der Waals surface area contributed by atoms with Gasteiger partial charge in [-0.05, 0) is 23.3 Å². The van der Waals surface area contributed by atoms with E-state index in [0.29, 0.717) is 17.4 Å². The lowest BCUT2D eigenvalue weighted by atomic mass is 10.1. The molecule has 2 amide bonds. The number of nitrogens with one attached hydrogen (secondary N) is 2. The van der Waals surface area contributed by atoms with Crippen molar-refractivity contribution in [2.75, 3.05) is 36.4 Å². The van der Waals surface area contributed by atoms with Gasteiger partial charge < -0.3 is 15.5 Å². The summed E-state index contributed by atoms with van der Waals surface area (Å²) in [6.45, 7) is 6.72. The predicted molar refractivity (Wildman–Crippen MR) is 128 cm³/mol. The summed E-state index contributed by atoms with van der Waals surface area (Å²) in [6.07, 6.45) is 0. The van der Waals surface area contributed by atoms with Crippen LogP contribution in [0.4, 0.5) is 10.8 Å². The first kappa shape index (κ1) is 22.0. The van der Waals surface area contributed by atoms with E-state index < -0.39 is 0 Å². The number of thiazole rings is 1. The summed E-state index contributed by atoms with van der Waals surface area (Å²) in [5, 5.41) is 7.64. The van der Waals surface area contributed by atoms with E-state index in [4.69, 9.17) is 0 Å². The summed E-state index contributed by atoms with van der Waals surface area (Å²) < 4.78 is 0. The van der Waals surface area contributed by atoms with E-state index in [1.54, 1.807) is 5.38 Å². The van der Waals surface area contributed by atoms with Crippen molar-refractivity contribution in [2.24, 2.45) is 0 Å². The maximum Gasteiger partial charge on any atom is 0.271 e. The number of hydrogen-bond acceptors (Lipinski definition) is 6. The van der Waals surface area contributed by atoms with Crippen LogP contribution in [0.15, 0.2) is 60.0 Å². The van der Waals surface area contributed by atoms with Gasteiger partial charge in [0.15, 0.2) is 5.13 Å². The molecule has 0 aliphatic carbocycles. The third kappa shape index (κ3) is 5.72. The average molecular weight is 450 g/mol. The van der Waals surface area contributed by atoms with Crippen molar-refractivity contribution < 1.29 is 9.59 Å². The number of amides is 2. The average Bonchev–Trinajstić information content (AvgIpc) is 3.27. The van der Waals surface area contributed by atoms with E-state index in [1.165, 1.54) is 29.5 Å². The van der Waals surface area contributed by atoms with E-state index >= 15 is 0 Å². The first-order chi connectivity index (χ1) is 15.6. The molecular weight excluding hydrogens is 422 g/mol. The molecule has 8 heteroatoms. The fraction of sp³-hybridized carbons (Fsp3) is 0.292. The Morgan fingerprint density at radius 1 is 0.969 bits per heavy atom. The number of carbonyl (C=O) groups is 2. The van der Waals surface area contributed by atoms with Gasteiger partial charge in [-0.3, -0.25) is 14.5 Å². The molecule has 0 atom stereocenters. The number of benzene rings is 2. The van der Waals surface area contributed by atoms with Crippen LogP contribution >= 0.6 is 11.3 Å². The highest BCUT2D eigenvalue weighted by atomic mass is 32.1. The Labute approximate surface area is 192 Å². The Balaban J connectivity index is 1.32. The van der Waals surface area contributed by atoms with Crippen molar-refractivity contribution in [3.8, 4) is 0 Å². The monoisotopic (exact) mass is 449 g/mol. The quantitative estimate of drug-likeness (QED) is 0.578. The van der Waals surface area contributed by atoms with Gasteiger partial charge in [0.25, 0.3) is 5.91 Å². The van der Waals surface area contributed by atoms with Gasteiger partial charge >= 0.3 is 0 Å². The summed E-state index contributed by atoms with van der Waals surface area (Å²) in [7, 11) is 0. The van der Waals surface area contributed by atoms with Crippen LogP contribution in [-0.2, 0) is 17.9 Å². The zero-order chi connectivity index (χ0) is 22.3. The summed E-state index contributed by atoms with van der Waals surface area (Å²) in [6, 6.07) is 18.8. The molecule has 0 unspecified atom stereocenters. The summed E-state index contributed by atoms with van der Waals surface area (Å²) in [5.41, 5.74) is 3.91. The van der Waals surface area contributed by atoms with E-state index in [0.717, 1.165) is 38.3 Å². The number of anilines is 2. The minimum atomic E-state index is -0.246. The highest BCUT2D eigenvalue weighted by Gasteiger charge is 2.18. The Morgan fingerprint density at radius 3 is 2.38 bits per heavy atom. The molecule has 3 aromatic rings. The van der Waals surface area contributed by atoms with Crippen molar-refractivity contribution >= 4 is 34.0 Å². The molecule has 2 N–H and O–H groups in total. The largest absolute Gasteiger partial charge is 0.369 e. The zero-order valence-corrected chi connectivity index (χ0v) is 18.9. The summed E-state index contributed by atoms with van der Waals surface area (Å²) in [4.78, 5) is 32.7. The van der Waals surface area contributed by atoms with Crippen molar-refractivity contribution in [2.45, 2.75) is 20.0 Å². The van der Waals surface area contributed by atoms with E-state index in [9.17, 15) is 9.59 Å². The van der Waals surface area contributed by atoms with Gasteiger partial charge in [-0.15, -0.1) is 11.3 Å². The lowest BCUT2D eigenvalue weighted by Crippen LogP contribution is -2.46. The molecule has 1 saturated heterocycles. The Kier molecular flexibility index (Phi) is 7.14. The van der Waals surface area contributed by atoms with Gasteiger partial charge in [0, 0.05) is 57.3 Å². The normalized spacial score (nSPS) is 14.2. The van der Waals surface area contributed by atoms with Crippen LogP contribution in [0, 0.1) is 0 Å². The fourth-order valence-electron chi connectivity index (χ4n) is 3.78. The lowest BCUT2D eigenvalue weighted by molar-refractivity contribution is -0.114. The van der Waals surface area contributed by atoms with Gasteiger partial charge in [0.1, 0.15) is 5.69 Å². The van der Waals surface area contributed by atoms with Crippen LogP contribution in [0.5, 0.6) is 0 Å². The minimum Gasteiger partial charge on any atom is -0.369 e. The Bertz CT molecular complexity index is 1060. The molecule has 1 fully saturated rings. The van der Waals surface area contributed by atoms with Crippen LogP contribution in [0.2, 0.25) is 0 Å². The molecule has 1 aliphatic heterocycles. The maximum atomic E-state index is 12.5. The van der Waals surface area contributed by atoms with Crippen molar-refractivity contribution in [1.82, 2.24) is 15.2 Å². The molecule has 166 valence electrons. The lowest BCUT2D eigenvalue weighted by Gasteiger charge is -2.36. The summed E-state index contributed by atoms with van der Waals surface area (Å²) >= 11 is 1.24. The number of nitrogens with zero attached hydrogens (tertiary/aromatic N) is 3. The molecule has 32 heavy (non-hydrogen) atoms. The maximum absolute atomic E-state index is 12.5. The van der Waals surface area contributed by atoms with E-state index in [2.05, 4.69) is 61.8 Å². The number of hydrogen-bond donors (Lipinski definition) is 2. The highest BCUT2D eigenvalue weighted by Crippen LogP contribution is 2.19. The van der Waals surface area contributed by atoms with Crippen LogP contribution < -0.4 is 15.5 Å². The molecule has 0 bridgehead atoms. The highest BCUT2D eigenvalue weighted by molar-refractivity contribution is 7.14. The SMILES string of the molecule is CC(=O)Nc1nc(C(=O)NCc2ccccc2CN2CCN(c3ccccc3)CC2)cs1. The molecule has 2 heterocycles. The molecule has 7 nitrogen and oxygen atoms in total. The van der Waals surface area contributed by atoms with E-state index in [-0.39, 0.29) is 11.8 Å². The molecule has 0 radical (unpaired) electrons. The Morgan fingerprint density at radius 2 is 1.66 bits per heavy atom. The van der Waals surface area contributed by atoms with Crippen LogP contribution in [-0.4, -0.2) is 47.9 Å². The topological polar surface area (TPSA) is 77.6 Å². The molecule has 1 aromatic heterocycles. The van der Waals surface area contributed by atoms with Gasteiger partial charge in [-0.2, -0.15) is 0 Å². The minimum absolute atomic E-state index is 0.204.